The van der Waals surface area contributed by atoms with Crippen molar-refractivity contribution in [3.05, 3.63) is 78.2 Å². The second-order valence-electron chi connectivity index (χ2n) is 11.8. The first-order valence-electron chi connectivity index (χ1n) is 14.0. The normalized spacial score (nSPS) is 31.9. The highest BCUT2D eigenvalue weighted by Gasteiger charge is 2.48. The molecule has 0 saturated heterocycles. The van der Waals surface area contributed by atoms with Gasteiger partial charge in [0.05, 0.1) is 0 Å². The summed E-state index contributed by atoms with van der Waals surface area (Å²) >= 11 is 0. The molecule has 1 aromatic carbocycles. The summed E-state index contributed by atoms with van der Waals surface area (Å²) in [5.41, 5.74) is 3.39. The fraction of sp³-hybridized carbons (Fsp3) is 0.515. The van der Waals surface area contributed by atoms with E-state index in [2.05, 4.69) is 57.0 Å². The summed E-state index contributed by atoms with van der Waals surface area (Å²) in [6, 6.07) is 7.04. The molecule has 3 aliphatic rings. The minimum absolute atomic E-state index is 0. The number of carbonyl (C=O) groups excluding carboxylic acids is 2. The maximum absolute atomic E-state index is 13.8. The number of hydrogen-bond acceptors (Lipinski definition) is 2. The number of halogens is 1. The lowest BCUT2D eigenvalue weighted by molar-refractivity contribution is -0.126. The van der Waals surface area contributed by atoms with Gasteiger partial charge < -0.3 is 5.32 Å². The van der Waals surface area contributed by atoms with Crippen LogP contribution in [0.3, 0.4) is 0 Å². The number of carbonyl (C=O) groups is 2. The van der Waals surface area contributed by atoms with Gasteiger partial charge in [0, 0.05) is 20.3 Å². The molecule has 0 aliphatic heterocycles. The molecule has 0 aromatic heterocycles. The summed E-state index contributed by atoms with van der Waals surface area (Å²) < 4.78 is 13.8. The summed E-state index contributed by atoms with van der Waals surface area (Å²) in [6.07, 6.45) is 15.3. The van der Waals surface area contributed by atoms with E-state index in [0.29, 0.717) is 29.6 Å². The number of allylic oxidation sites excluding steroid dienone is 7. The van der Waals surface area contributed by atoms with Crippen LogP contribution in [0.2, 0.25) is 0 Å². The van der Waals surface area contributed by atoms with Crippen molar-refractivity contribution >= 4 is 17.3 Å². The molecule has 2 saturated carbocycles. The molecule has 1 N–H and O–H groups in total. The molecule has 2 fully saturated rings. The van der Waals surface area contributed by atoms with E-state index in [9.17, 15) is 14.0 Å². The number of benzene rings is 1. The first-order valence-corrected chi connectivity index (χ1v) is 14.0. The van der Waals surface area contributed by atoms with Gasteiger partial charge in [-0.05, 0) is 103 Å². The van der Waals surface area contributed by atoms with Crippen LogP contribution in [-0.2, 0) is 9.59 Å². The van der Waals surface area contributed by atoms with Crippen molar-refractivity contribution in [3.63, 3.8) is 0 Å². The summed E-state index contributed by atoms with van der Waals surface area (Å²) in [5, 5.41) is 3.13. The molecule has 1 amide bonds. The topological polar surface area (TPSA) is 46.2 Å². The smallest absolute Gasteiger partial charge is 0.217 e. The third-order valence-electron chi connectivity index (χ3n) is 8.99. The number of nitrogens with one attached hydrogen (secondary N) is 1. The number of hydrogen-bond donors (Lipinski definition) is 1. The zero-order valence-electron chi connectivity index (χ0n) is 22.8. The number of fused-ring (bicyclic) bond motifs is 1. The van der Waals surface area contributed by atoms with Gasteiger partial charge in [0.15, 0.2) is 5.78 Å². The summed E-state index contributed by atoms with van der Waals surface area (Å²) in [5.74, 6) is 2.17. The van der Waals surface area contributed by atoms with Crippen LogP contribution in [0, 0.1) is 47.2 Å². The van der Waals surface area contributed by atoms with E-state index >= 15 is 0 Å². The van der Waals surface area contributed by atoms with Crippen LogP contribution in [0.15, 0.2) is 66.8 Å². The van der Waals surface area contributed by atoms with Gasteiger partial charge in [0.2, 0.25) is 5.91 Å². The van der Waals surface area contributed by atoms with Gasteiger partial charge in [0.1, 0.15) is 5.82 Å². The Bertz CT molecular complexity index is 1120. The molecule has 4 rings (SSSR count). The van der Waals surface area contributed by atoms with Crippen molar-refractivity contribution in [2.24, 2.45) is 41.4 Å². The highest BCUT2D eigenvalue weighted by molar-refractivity contribution is 5.91. The molecule has 3 nitrogen and oxygen atoms in total. The Balaban J connectivity index is 0.00000400. The second kappa shape index (κ2) is 11.8. The minimum Gasteiger partial charge on any atom is -0.354 e. The Morgan fingerprint density at radius 2 is 1.97 bits per heavy atom. The van der Waals surface area contributed by atoms with E-state index in [1.54, 1.807) is 19.1 Å². The SMILES string of the molecule is C=CC(=O)[C@@H]1C[C@H]2C[C@@H](NC(C)=O)CC[C@H]2[C@@H](/C=C/C2=CC=C(c3cccc(F)c3)C(C)C2)[C@H]1C(C)C.[HH]. The van der Waals surface area contributed by atoms with Crippen LogP contribution in [0.1, 0.15) is 66.8 Å². The monoisotopic (exact) mass is 505 g/mol. The molecular formula is C33H44FNO2. The van der Waals surface area contributed by atoms with Crippen molar-refractivity contribution < 1.29 is 15.4 Å². The Hall–Kier alpha value is -2.75. The molecule has 1 aromatic rings. The Morgan fingerprint density at radius 1 is 1.19 bits per heavy atom. The van der Waals surface area contributed by atoms with E-state index in [4.69, 9.17) is 0 Å². The third-order valence-corrected chi connectivity index (χ3v) is 8.99. The predicted molar refractivity (Wildman–Crippen MR) is 151 cm³/mol. The summed E-state index contributed by atoms with van der Waals surface area (Å²) in [6.45, 7) is 12.1. The van der Waals surface area contributed by atoms with E-state index in [1.807, 2.05) is 6.07 Å². The van der Waals surface area contributed by atoms with E-state index in [0.717, 1.165) is 37.7 Å². The lowest BCUT2D eigenvalue weighted by atomic mass is 9.54. The molecule has 37 heavy (non-hydrogen) atoms. The predicted octanol–water partition coefficient (Wildman–Crippen LogP) is 7.56. The highest BCUT2D eigenvalue weighted by Crippen LogP contribution is 2.52. The zero-order valence-corrected chi connectivity index (χ0v) is 22.8. The Morgan fingerprint density at radius 3 is 2.62 bits per heavy atom. The first-order chi connectivity index (χ1) is 17.7. The van der Waals surface area contributed by atoms with Gasteiger partial charge >= 0.3 is 0 Å². The Labute approximate surface area is 223 Å². The molecule has 4 heteroatoms. The average Bonchev–Trinajstić information content (AvgIpc) is 2.85. The fourth-order valence-corrected chi connectivity index (χ4v) is 7.46. The second-order valence-corrected chi connectivity index (χ2v) is 11.8. The molecule has 0 heterocycles. The molecule has 0 spiro atoms. The lowest BCUT2D eigenvalue weighted by Crippen LogP contribution is -2.49. The van der Waals surface area contributed by atoms with Crippen LogP contribution < -0.4 is 5.32 Å². The molecule has 200 valence electrons. The summed E-state index contributed by atoms with van der Waals surface area (Å²) in [7, 11) is 0. The largest absolute Gasteiger partial charge is 0.354 e. The molecular weight excluding hydrogens is 461 g/mol. The minimum atomic E-state index is -0.205. The maximum atomic E-state index is 13.8. The van der Waals surface area contributed by atoms with Crippen LogP contribution in [0.4, 0.5) is 4.39 Å². The summed E-state index contributed by atoms with van der Waals surface area (Å²) in [4.78, 5) is 24.8. The number of ketones is 1. The van der Waals surface area contributed by atoms with E-state index in [1.165, 1.54) is 23.3 Å². The highest BCUT2D eigenvalue weighted by atomic mass is 19.1. The molecule has 7 atom stereocenters. The molecule has 0 bridgehead atoms. The lowest BCUT2D eigenvalue weighted by Gasteiger charge is -2.51. The van der Waals surface area contributed by atoms with Gasteiger partial charge in [-0.15, -0.1) is 0 Å². The van der Waals surface area contributed by atoms with Crippen LogP contribution in [0.25, 0.3) is 5.57 Å². The maximum Gasteiger partial charge on any atom is 0.217 e. The van der Waals surface area contributed by atoms with Crippen LogP contribution in [-0.4, -0.2) is 17.7 Å². The molecule has 3 aliphatic carbocycles. The van der Waals surface area contributed by atoms with E-state index < -0.39 is 0 Å². The Kier molecular flexibility index (Phi) is 8.67. The number of amides is 1. The van der Waals surface area contributed by atoms with Crippen molar-refractivity contribution in [1.29, 1.82) is 0 Å². The first kappa shape index (κ1) is 27.3. The van der Waals surface area contributed by atoms with Crippen molar-refractivity contribution in [1.82, 2.24) is 5.32 Å². The quantitative estimate of drug-likeness (QED) is 0.389. The van der Waals surface area contributed by atoms with Gasteiger partial charge in [0.25, 0.3) is 0 Å². The van der Waals surface area contributed by atoms with Gasteiger partial charge in [-0.2, -0.15) is 0 Å². The molecule has 0 radical (unpaired) electrons. The van der Waals surface area contributed by atoms with Crippen LogP contribution in [0.5, 0.6) is 0 Å². The fourth-order valence-electron chi connectivity index (χ4n) is 7.46. The van der Waals surface area contributed by atoms with Gasteiger partial charge in [-0.3, -0.25) is 9.59 Å². The van der Waals surface area contributed by atoms with E-state index in [-0.39, 0.29) is 36.8 Å². The third kappa shape index (κ3) is 6.22. The number of rotatable bonds is 7. The van der Waals surface area contributed by atoms with Crippen LogP contribution >= 0.6 is 0 Å². The van der Waals surface area contributed by atoms with Crippen molar-refractivity contribution in [2.75, 3.05) is 0 Å². The zero-order chi connectivity index (χ0) is 26.7. The van der Waals surface area contributed by atoms with Crippen molar-refractivity contribution in [2.45, 2.75) is 65.8 Å². The van der Waals surface area contributed by atoms with Gasteiger partial charge in [-0.1, -0.05) is 63.8 Å². The average molecular weight is 506 g/mol. The molecule has 1 unspecified atom stereocenters. The van der Waals surface area contributed by atoms with Crippen molar-refractivity contribution in [3.8, 4) is 0 Å². The standard InChI is InChI=1S/C33H42FNO2.H2/c1-6-32(37)31-19-25-18-27(35-22(5)36)12-15-29(25)30(33(31)20(2)3)14-11-23-10-13-28(21(4)16-23)24-8-7-9-26(34)17-24;/h6-11,13-14,17,20-21,25,27,29-31,33H,1,12,15-16,18-19H2,2-5H3,(H,35,36);1H/b14-11+;/t21?,25-,27+,29-,30-,31+,33-;/m1./s1. The van der Waals surface area contributed by atoms with Gasteiger partial charge in [-0.25, -0.2) is 4.39 Å².